The van der Waals surface area contributed by atoms with E-state index in [0.29, 0.717) is 5.69 Å². The summed E-state index contributed by atoms with van der Waals surface area (Å²) in [5.74, 6) is 1.34. The third-order valence-corrected chi connectivity index (χ3v) is 3.92. The largest absolute Gasteiger partial charge is 0.477 e. The van der Waals surface area contributed by atoms with Crippen LogP contribution in [0.4, 0.5) is 0 Å². The Balaban J connectivity index is 2.73. The molecule has 3 nitrogen and oxygen atoms in total. The summed E-state index contributed by atoms with van der Waals surface area (Å²) >= 11 is 4.04. The first-order chi connectivity index (χ1) is 7.56. The summed E-state index contributed by atoms with van der Waals surface area (Å²) < 4.78 is 2.84. The lowest BCUT2D eigenvalue weighted by molar-refractivity contribution is 0.0683. The topological polar surface area (TPSA) is 42.2 Å². The number of carboxylic acid groups (broad SMARTS) is 1. The number of rotatable bonds is 6. The van der Waals surface area contributed by atoms with Crippen LogP contribution in [0.25, 0.3) is 0 Å². The summed E-state index contributed by atoms with van der Waals surface area (Å²) in [6.07, 6.45) is 2.91. The van der Waals surface area contributed by atoms with Crippen molar-refractivity contribution in [3.05, 3.63) is 21.5 Å². The van der Waals surface area contributed by atoms with E-state index in [2.05, 4.69) is 36.4 Å². The van der Waals surface area contributed by atoms with Gasteiger partial charge in [-0.2, -0.15) is 11.8 Å². The summed E-state index contributed by atoms with van der Waals surface area (Å²) in [6, 6.07) is 1.96. The minimum atomic E-state index is -0.849. The van der Waals surface area contributed by atoms with Gasteiger partial charge in [-0.15, -0.1) is 0 Å². The SMILES string of the molecule is CCSCCC(C)n1cc(I)cc1C(=O)O. The van der Waals surface area contributed by atoms with Crippen molar-refractivity contribution in [2.45, 2.75) is 26.3 Å². The molecule has 0 amide bonds. The van der Waals surface area contributed by atoms with Gasteiger partial charge in [0, 0.05) is 15.8 Å². The highest BCUT2D eigenvalue weighted by Crippen LogP contribution is 2.20. The molecule has 1 N–H and O–H groups in total. The molecule has 90 valence electrons. The van der Waals surface area contributed by atoms with Crippen molar-refractivity contribution in [1.29, 1.82) is 0 Å². The average Bonchev–Trinajstić information content (AvgIpc) is 2.61. The van der Waals surface area contributed by atoms with E-state index in [1.807, 2.05) is 22.5 Å². The number of hydrogen-bond donors (Lipinski definition) is 1. The minimum absolute atomic E-state index is 0.244. The molecule has 0 bridgehead atoms. The molecule has 0 aliphatic heterocycles. The Bertz CT molecular complexity index is 365. The average molecular weight is 353 g/mol. The summed E-state index contributed by atoms with van der Waals surface area (Å²) in [5, 5.41) is 9.07. The zero-order valence-corrected chi connectivity index (χ0v) is 12.4. The summed E-state index contributed by atoms with van der Waals surface area (Å²) in [7, 11) is 0. The molecule has 0 saturated carbocycles. The van der Waals surface area contributed by atoms with Crippen LogP contribution in [-0.4, -0.2) is 27.1 Å². The molecular weight excluding hydrogens is 337 g/mol. The lowest BCUT2D eigenvalue weighted by Crippen LogP contribution is -2.12. The van der Waals surface area contributed by atoms with Crippen molar-refractivity contribution in [2.24, 2.45) is 0 Å². The molecular formula is C11H16INO2S. The summed E-state index contributed by atoms with van der Waals surface area (Å²) in [4.78, 5) is 11.0. The van der Waals surface area contributed by atoms with E-state index in [9.17, 15) is 4.79 Å². The molecule has 5 heteroatoms. The molecule has 0 spiro atoms. The number of thioether (sulfide) groups is 1. The fourth-order valence-corrected chi connectivity index (χ4v) is 2.91. The molecule has 0 aliphatic carbocycles. The van der Waals surface area contributed by atoms with Crippen molar-refractivity contribution >= 4 is 40.3 Å². The standard InChI is InChI=1S/C11H16INO2S/c1-3-16-5-4-8(2)13-7-9(12)6-10(13)11(14)15/h6-8H,3-5H2,1-2H3,(H,14,15). The number of hydrogen-bond acceptors (Lipinski definition) is 2. The molecule has 1 rings (SSSR count). The Labute approximate surface area is 114 Å². The van der Waals surface area contributed by atoms with Crippen LogP contribution in [0, 0.1) is 3.57 Å². The number of aromatic nitrogens is 1. The second-order valence-electron chi connectivity index (χ2n) is 3.59. The van der Waals surface area contributed by atoms with E-state index in [1.54, 1.807) is 6.07 Å². The van der Waals surface area contributed by atoms with E-state index >= 15 is 0 Å². The van der Waals surface area contributed by atoms with Crippen LogP contribution in [0.1, 0.15) is 36.8 Å². The van der Waals surface area contributed by atoms with Gasteiger partial charge in [0.15, 0.2) is 0 Å². The fourth-order valence-electron chi connectivity index (χ4n) is 1.52. The van der Waals surface area contributed by atoms with Gasteiger partial charge in [0.1, 0.15) is 5.69 Å². The third kappa shape index (κ3) is 3.69. The number of aromatic carboxylic acids is 1. The molecule has 0 aliphatic rings. The van der Waals surface area contributed by atoms with Crippen LogP contribution >= 0.6 is 34.4 Å². The smallest absolute Gasteiger partial charge is 0.352 e. The van der Waals surface area contributed by atoms with E-state index < -0.39 is 5.97 Å². The van der Waals surface area contributed by atoms with Gasteiger partial charge >= 0.3 is 5.97 Å². The van der Waals surface area contributed by atoms with Gasteiger partial charge in [-0.1, -0.05) is 6.92 Å². The molecule has 1 heterocycles. The first-order valence-electron chi connectivity index (χ1n) is 5.24. The molecule has 1 aromatic rings. The van der Waals surface area contributed by atoms with Crippen molar-refractivity contribution in [3.8, 4) is 0 Å². The Kier molecular flexibility index (Phi) is 5.68. The van der Waals surface area contributed by atoms with Gasteiger partial charge < -0.3 is 9.67 Å². The van der Waals surface area contributed by atoms with E-state index in [4.69, 9.17) is 5.11 Å². The van der Waals surface area contributed by atoms with Gasteiger partial charge in [-0.05, 0) is 53.5 Å². The minimum Gasteiger partial charge on any atom is -0.477 e. The maximum atomic E-state index is 11.0. The maximum Gasteiger partial charge on any atom is 0.352 e. The molecule has 1 aromatic heterocycles. The van der Waals surface area contributed by atoms with Crippen LogP contribution in [0.5, 0.6) is 0 Å². The zero-order valence-electron chi connectivity index (χ0n) is 9.44. The number of halogens is 1. The van der Waals surface area contributed by atoms with Gasteiger partial charge in [-0.25, -0.2) is 4.79 Å². The van der Waals surface area contributed by atoms with Gasteiger partial charge in [-0.3, -0.25) is 0 Å². The normalized spacial score (nSPS) is 12.7. The second kappa shape index (κ2) is 6.54. The molecule has 0 radical (unpaired) electrons. The van der Waals surface area contributed by atoms with Crippen LogP contribution in [0.3, 0.4) is 0 Å². The Hall–Kier alpha value is -0.170. The van der Waals surface area contributed by atoms with Crippen molar-refractivity contribution in [1.82, 2.24) is 4.57 Å². The molecule has 16 heavy (non-hydrogen) atoms. The predicted molar refractivity (Wildman–Crippen MR) is 76.4 cm³/mol. The van der Waals surface area contributed by atoms with Crippen molar-refractivity contribution in [2.75, 3.05) is 11.5 Å². The molecule has 1 unspecified atom stereocenters. The van der Waals surface area contributed by atoms with E-state index in [0.717, 1.165) is 21.5 Å². The molecule has 0 aromatic carbocycles. The monoisotopic (exact) mass is 353 g/mol. The van der Waals surface area contributed by atoms with E-state index in [1.165, 1.54) is 0 Å². The predicted octanol–water partition coefficient (Wildman–Crippen LogP) is 3.50. The molecule has 0 saturated heterocycles. The summed E-state index contributed by atoms with van der Waals surface area (Å²) in [6.45, 7) is 4.20. The van der Waals surface area contributed by atoms with Crippen molar-refractivity contribution < 1.29 is 9.90 Å². The quantitative estimate of drug-likeness (QED) is 0.629. The lowest BCUT2D eigenvalue weighted by Gasteiger charge is -2.15. The lowest BCUT2D eigenvalue weighted by atomic mass is 10.2. The van der Waals surface area contributed by atoms with Gasteiger partial charge in [0.25, 0.3) is 0 Å². The van der Waals surface area contributed by atoms with Crippen LogP contribution in [-0.2, 0) is 0 Å². The van der Waals surface area contributed by atoms with Gasteiger partial charge in [0.2, 0.25) is 0 Å². The Morgan fingerprint density at radius 3 is 2.94 bits per heavy atom. The highest BCUT2D eigenvalue weighted by Gasteiger charge is 2.15. The number of carboxylic acids is 1. The Morgan fingerprint density at radius 1 is 1.69 bits per heavy atom. The fraction of sp³-hybridized carbons (Fsp3) is 0.545. The molecule has 0 fully saturated rings. The summed E-state index contributed by atoms with van der Waals surface area (Å²) in [5.41, 5.74) is 0.387. The molecule has 1 atom stereocenters. The first-order valence-corrected chi connectivity index (χ1v) is 7.48. The Morgan fingerprint density at radius 2 is 2.38 bits per heavy atom. The van der Waals surface area contributed by atoms with Crippen LogP contribution in [0.15, 0.2) is 12.3 Å². The first kappa shape index (κ1) is 13.9. The zero-order chi connectivity index (χ0) is 12.1. The maximum absolute atomic E-state index is 11.0. The van der Waals surface area contributed by atoms with Gasteiger partial charge in [0.05, 0.1) is 0 Å². The third-order valence-electron chi connectivity index (χ3n) is 2.39. The van der Waals surface area contributed by atoms with Crippen LogP contribution in [0.2, 0.25) is 0 Å². The van der Waals surface area contributed by atoms with Crippen LogP contribution < -0.4 is 0 Å². The number of carbonyl (C=O) groups is 1. The highest BCUT2D eigenvalue weighted by atomic mass is 127. The number of nitrogens with zero attached hydrogens (tertiary/aromatic N) is 1. The van der Waals surface area contributed by atoms with E-state index in [-0.39, 0.29) is 6.04 Å². The van der Waals surface area contributed by atoms with Crippen molar-refractivity contribution in [3.63, 3.8) is 0 Å². The highest BCUT2D eigenvalue weighted by molar-refractivity contribution is 14.1. The second-order valence-corrected chi connectivity index (χ2v) is 6.23.